The van der Waals surface area contributed by atoms with Gasteiger partial charge in [0.2, 0.25) is 0 Å². The molecule has 4 nitrogen and oxygen atoms in total. The Hall–Kier alpha value is -1.32. The van der Waals surface area contributed by atoms with Crippen LogP contribution < -0.4 is 0 Å². The number of hydrogen-bond donors (Lipinski definition) is 0. The number of carbonyl (C=O) groups is 2. The number of ether oxygens (including phenoxy) is 1. The van der Waals surface area contributed by atoms with Crippen LogP contribution in [-0.4, -0.2) is 37.9 Å². The molecule has 0 saturated heterocycles. The molecule has 0 heterocycles. The summed E-state index contributed by atoms with van der Waals surface area (Å²) in [6.07, 6.45) is 1.77. The van der Waals surface area contributed by atoms with Crippen LogP contribution in [0.25, 0.3) is 0 Å². The summed E-state index contributed by atoms with van der Waals surface area (Å²) in [6.45, 7) is 1.70. The van der Waals surface area contributed by atoms with Gasteiger partial charge in [0, 0.05) is 26.7 Å². The van der Waals surface area contributed by atoms with Crippen molar-refractivity contribution < 1.29 is 14.3 Å². The number of nitrogens with zero attached hydrogens (tertiary/aromatic N) is 1. The van der Waals surface area contributed by atoms with E-state index >= 15 is 0 Å². The van der Waals surface area contributed by atoms with Crippen LogP contribution in [0.3, 0.4) is 0 Å². The van der Waals surface area contributed by atoms with Crippen LogP contribution in [0.4, 0.5) is 0 Å². The van der Waals surface area contributed by atoms with E-state index < -0.39 is 5.97 Å². The van der Waals surface area contributed by atoms with Crippen LogP contribution in [0.5, 0.6) is 0 Å². The topological polar surface area (TPSA) is 46.6 Å². The molecule has 13 heavy (non-hydrogen) atoms. The minimum atomic E-state index is -0.583. The normalized spacial score (nSPS) is 10.9. The molecule has 0 spiro atoms. The van der Waals surface area contributed by atoms with Crippen LogP contribution in [0.1, 0.15) is 13.3 Å². The molecule has 0 unspecified atom stereocenters. The number of ketones is 1. The van der Waals surface area contributed by atoms with E-state index in [-0.39, 0.29) is 11.4 Å². The molecule has 0 bridgehead atoms. The second kappa shape index (κ2) is 5.35. The summed E-state index contributed by atoms with van der Waals surface area (Å²) >= 11 is 0. The number of rotatable bonds is 4. The SMILES string of the molecule is CCC(=O)C(=CN(C)C)C(=O)OC. The molecule has 0 amide bonds. The molecular formula is C9H15NO3. The smallest absolute Gasteiger partial charge is 0.342 e. The van der Waals surface area contributed by atoms with Crippen molar-refractivity contribution in [2.24, 2.45) is 0 Å². The highest BCUT2D eigenvalue weighted by Gasteiger charge is 2.16. The maximum absolute atomic E-state index is 11.3. The lowest BCUT2D eigenvalue weighted by molar-refractivity contribution is -0.137. The Labute approximate surface area is 78.2 Å². The molecule has 0 aliphatic carbocycles. The van der Waals surface area contributed by atoms with Gasteiger partial charge in [0.05, 0.1) is 7.11 Å². The highest BCUT2D eigenvalue weighted by atomic mass is 16.5. The molecule has 0 rings (SSSR count). The van der Waals surface area contributed by atoms with E-state index in [4.69, 9.17) is 0 Å². The molecular weight excluding hydrogens is 170 g/mol. The van der Waals surface area contributed by atoms with Crippen molar-refractivity contribution in [3.05, 3.63) is 11.8 Å². The van der Waals surface area contributed by atoms with Crippen molar-refractivity contribution in [3.8, 4) is 0 Å². The first kappa shape index (κ1) is 11.7. The Morgan fingerprint density at radius 3 is 2.23 bits per heavy atom. The standard InChI is InChI=1S/C9H15NO3/c1-5-8(11)7(6-10(2)3)9(12)13-4/h6H,5H2,1-4H3. The minimum Gasteiger partial charge on any atom is -0.465 e. The zero-order valence-electron chi connectivity index (χ0n) is 8.46. The Balaban J connectivity index is 4.75. The summed E-state index contributed by atoms with van der Waals surface area (Å²) < 4.78 is 4.48. The van der Waals surface area contributed by atoms with E-state index in [2.05, 4.69) is 4.74 Å². The molecule has 0 radical (unpaired) electrons. The lowest BCUT2D eigenvalue weighted by Crippen LogP contribution is -2.17. The number of carbonyl (C=O) groups excluding carboxylic acids is 2. The maximum Gasteiger partial charge on any atom is 0.342 e. The summed E-state index contributed by atoms with van der Waals surface area (Å²) in [5, 5.41) is 0. The third kappa shape index (κ3) is 3.73. The van der Waals surface area contributed by atoms with E-state index in [1.54, 1.807) is 25.9 Å². The predicted octanol–water partition coefficient (Wildman–Crippen LogP) is 0.584. The molecule has 0 N–H and O–H groups in total. The van der Waals surface area contributed by atoms with E-state index in [0.717, 1.165) is 0 Å². The zero-order valence-corrected chi connectivity index (χ0v) is 8.46. The Kier molecular flexibility index (Phi) is 4.80. The van der Waals surface area contributed by atoms with E-state index in [0.29, 0.717) is 6.42 Å². The first-order chi connectivity index (χ1) is 6.02. The zero-order chi connectivity index (χ0) is 10.4. The van der Waals surface area contributed by atoms with Gasteiger partial charge in [-0.3, -0.25) is 4.79 Å². The molecule has 0 fully saturated rings. The summed E-state index contributed by atoms with van der Waals surface area (Å²) in [7, 11) is 4.74. The molecule has 0 aliphatic rings. The van der Waals surface area contributed by atoms with E-state index in [9.17, 15) is 9.59 Å². The van der Waals surface area contributed by atoms with E-state index in [1.807, 2.05) is 0 Å². The Morgan fingerprint density at radius 1 is 1.38 bits per heavy atom. The molecule has 0 aromatic heterocycles. The van der Waals surface area contributed by atoms with Crippen molar-refractivity contribution >= 4 is 11.8 Å². The van der Waals surface area contributed by atoms with Gasteiger partial charge in [0.1, 0.15) is 5.57 Å². The lowest BCUT2D eigenvalue weighted by atomic mass is 10.1. The number of Topliss-reactive ketones (excluding diaryl/α,β-unsaturated/α-hetero) is 1. The van der Waals surface area contributed by atoms with Crippen molar-refractivity contribution in [2.75, 3.05) is 21.2 Å². The van der Waals surface area contributed by atoms with Crippen LogP contribution >= 0.6 is 0 Å². The molecule has 0 atom stereocenters. The third-order valence-electron chi connectivity index (χ3n) is 1.41. The van der Waals surface area contributed by atoms with Crippen molar-refractivity contribution in [2.45, 2.75) is 13.3 Å². The molecule has 0 aromatic rings. The van der Waals surface area contributed by atoms with Crippen LogP contribution in [0.2, 0.25) is 0 Å². The molecule has 0 aliphatic heterocycles. The van der Waals surface area contributed by atoms with Crippen LogP contribution in [-0.2, 0) is 14.3 Å². The van der Waals surface area contributed by atoms with Gasteiger partial charge in [-0.2, -0.15) is 0 Å². The summed E-state index contributed by atoms with van der Waals surface area (Å²) in [5.74, 6) is -0.791. The monoisotopic (exact) mass is 185 g/mol. The van der Waals surface area contributed by atoms with Gasteiger partial charge in [0.15, 0.2) is 5.78 Å². The van der Waals surface area contributed by atoms with Crippen LogP contribution in [0.15, 0.2) is 11.8 Å². The van der Waals surface area contributed by atoms with Crippen molar-refractivity contribution in [1.82, 2.24) is 4.90 Å². The average Bonchev–Trinajstić information content (AvgIpc) is 2.11. The highest BCUT2D eigenvalue weighted by Crippen LogP contribution is 2.03. The van der Waals surface area contributed by atoms with Crippen LogP contribution in [0, 0.1) is 0 Å². The largest absolute Gasteiger partial charge is 0.465 e. The fourth-order valence-electron chi connectivity index (χ4n) is 0.797. The third-order valence-corrected chi connectivity index (χ3v) is 1.41. The molecule has 0 aromatic carbocycles. The molecule has 74 valence electrons. The second-order valence-corrected chi connectivity index (χ2v) is 2.77. The fourth-order valence-corrected chi connectivity index (χ4v) is 0.797. The first-order valence-electron chi connectivity index (χ1n) is 4.02. The van der Waals surface area contributed by atoms with Gasteiger partial charge in [-0.05, 0) is 0 Å². The van der Waals surface area contributed by atoms with E-state index in [1.165, 1.54) is 13.3 Å². The summed E-state index contributed by atoms with van der Waals surface area (Å²) in [6, 6.07) is 0. The molecule has 0 saturated carbocycles. The quantitative estimate of drug-likeness (QED) is 0.278. The van der Waals surface area contributed by atoms with Gasteiger partial charge >= 0.3 is 5.97 Å². The van der Waals surface area contributed by atoms with Gasteiger partial charge in [-0.25, -0.2) is 4.79 Å². The number of esters is 1. The predicted molar refractivity (Wildman–Crippen MR) is 49.1 cm³/mol. The van der Waals surface area contributed by atoms with Crippen molar-refractivity contribution in [1.29, 1.82) is 0 Å². The number of methoxy groups -OCH3 is 1. The van der Waals surface area contributed by atoms with Gasteiger partial charge in [-0.15, -0.1) is 0 Å². The summed E-state index contributed by atoms with van der Waals surface area (Å²) in [4.78, 5) is 24.0. The Bertz CT molecular complexity index is 213. The Morgan fingerprint density at radius 2 is 1.92 bits per heavy atom. The average molecular weight is 185 g/mol. The van der Waals surface area contributed by atoms with Crippen molar-refractivity contribution in [3.63, 3.8) is 0 Å². The molecule has 4 heteroatoms. The fraction of sp³-hybridized carbons (Fsp3) is 0.556. The van der Waals surface area contributed by atoms with Gasteiger partial charge in [0.25, 0.3) is 0 Å². The maximum atomic E-state index is 11.3. The van der Waals surface area contributed by atoms with Gasteiger partial charge in [-0.1, -0.05) is 6.92 Å². The first-order valence-corrected chi connectivity index (χ1v) is 4.02. The highest BCUT2D eigenvalue weighted by molar-refractivity contribution is 6.17. The summed E-state index contributed by atoms with van der Waals surface area (Å²) in [5.41, 5.74) is 0.0926. The minimum absolute atomic E-state index is 0.0926. The number of hydrogen-bond acceptors (Lipinski definition) is 4. The lowest BCUT2D eigenvalue weighted by Gasteiger charge is -2.08. The van der Waals surface area contributed by atoms with Gasteiger partial charge < -0.3 is 9.64 Å². The second-order valence-electron chi connectivity index (χ2n) is 2.77.